The molecule has 1 aromatic rings. The summed E-state index contributed by atoms with van der Waals surface area (Å²) in [5.74, 6) is 1.02. The fourth-order valence-corrected chi connectivity index (χ4v) is 2.43. The van der Waals surface area contributed by atoms with Crippen molar-refractivity contribution < 1.29 is 19.4 Å². The number of aliphatic hydroxyl groups excluding tert-OH is 1. The second kappa shape index (κ2) is 5.93. The van der Waals surface area contributed by atoms with E-state index < -0.39 is 0 Å². The molecule has 1 fully saturated rings. The Morgan fingerprint density at radius 2 is 2.21 bits per heavy atom. The van der Waals surface area contributed by atoms with Crippen molar-refractivity contribution in [1.29, 1.82) is 0 Å². The van der Waals surface area contributed by atoms with E-state index in [1.165, 1.54) is 7.11 Å². The zero-order chi connectivity index (χ0) is 13.8. The number of aliphatic hydroxyl groups is 1. The third kappa shape index (κ3) is 2.66. The maximum atomic E-state index is 12.5. The van der Waals surface area contributed by atoms with Crippen LogP contribution in [0.15, 0.2) is 18.2 Å². The van der Waals surface area contributed by atoms with E-state index in [9.17, 15) is 9.90 Å². The van der Waals surface area contributed by atoms with Gasteiger partial charge in [0.2, 0.25) is 0 Å². The van der Waals surface area contributed by atoms with Crippen molar-refractivity contribution in [2.24, 2.45) is 0 Å². The molecule has 1 aromatic carbocycles. The Labute approximate surface area is 112 Å². The van der Waals surface area contributed by atoms with Gasteiger partial charge in [-0.15, -0.1) is 0 Å². The summed E-state index contributed by atoms with van der Waals surface area (Å²) in [6.07, 6.45) is 1.76. The van der Waals surface area contributed by atoms with Crippen molar-refractivity contribution in [2.75, 3.05) is 27.4 Å². The van der Waals surface area contributed by atoms with Gasteiger partial charge in [0.1, 0.15) is 11.5 Å². The number of carbonyl (C=O) groups excluding carboxylic acids is 1. The molecule has 1 atom stereocenters. The molecule has 2 rings (SSSR count). The number of amides is 1. The molecule has 5 nitrogen and oxygen atoms in total. The van der Waals surface area contributed by atoms with E-state index in [1.54, 1.807) is 30.2 Å². The first-order valence-electron chi connectivity index (χ1n) is 6.35. The lowest BCUT2D eigenvalue weighted by Crippen LogP contribution is -2.37. The normalized spacial score (nSPS) is 18.5. The van der Waals surface area contributed by atoms with Gasteiger partial charge in [0.05, 0.1) is 32.4 Å². The Morgan fingerprint density at radius 1 is 1.42 bits per heavy atom. The Morgan fingerprint density at radius 3 is 2.84 bits per heavy atom. The molecule has 19 heavy (non-hydrogen) atoms. The molecular weight excluding hydrogens is 246 g/mol. The summed E-state index contributed by atoms with van der Waals surface area (Å²) in [5, 5.41) is 9.31. The number of hydrogen-bond donors (Lipinski definition) is 1. The van der Waals surface area contributed by atoms with E-state index in [0.29, 0.717) is 23.6 Å². The van der Waals surface area contributed by atoms with Crippen LogP contribution >= 0.6 is 0 Å². The average Bonchev–Trinajstić information content (AvgIpc) is 2.94. The molecule has 1 N–H and O–H groups in total. The van der Waals surface area contributed by atoms with Gasteiger partial charge in [-0.2, -0.15) is 0 Å². The van der Waals surface area contributed by atoms with E-state index in [4.69, 9.17) is 9.47 Å². The number of benzene rings is 1. The molecule has 1 saturated heterocycles. The Balaban J connectivity index is 2.31. The zero-order valence-corrected chi connectivity index (χ0v) is 11.3. The first kappa shape index (κ1) is 13.7. The first-order chi connectivity index (χ1) is 9.21. The molecule has 1 aliphatic heterocycles. The molecule has 1 heterocycles. The third-order valence-electron chi connectivity index (χ3n) is 3.49. The van der Waals surface area contributed by atoms with Gasteiger partial charge in [-0.1, -0.05) is 0 Å². The fourth-order valence-electron chi connectivity index (χ4n) is 2.43. The molecule has 0 aromatic heterocycles. The minimum absolute atomic E-state index is 0.00196. The highest BCUT2D eigenvalue weighted by Crippen LogP contribution is 2.28. The van der Waals surface area contributed by atoms with E-state index in [1.807, 2.05) is 0 Å². The van der Waals surface area contributed by atoms with Gasteiger partial charge in [0, 0.05) is 6.54 Å². The number of nitrogens with zero attached hydrogens (tertiary/aromatic N) is 1. The van der Waals surface area contributed by atoms with Crippen LogP contribution in [0.3, 0.4) is 0 Å². The van der Waals surface area contributed by atoms with Crippen molar-refractivity contribution in [3.63, 3.8) is 0 Å². The Bertz CT molecular complexity index is 461. The minimum Gasteiger partial charge on any atom is -0.497 e. The smallest absolute Gasteiger partial charge is 0.258 e. The van der Waals surface area contributed by atoms with Crippen LogP contribution < -0.4 is 9.47 Å². The quantitative estimate of drug-likeness (QED) is 0.891. The number of ether oxygens (including phenoxy) is 2. The summed E-state index contributed by atoms with van der Waals surface area (Å²) < 4.78 is 10.4. The van der Waals surface area contributed by atoms with E-state index in [0.717, 1.165) is 12.8 Å². The van der Waals surface area contributed by atoms with Crippen LogP contribution in [0.1, 0.15) is 23.2 Å². The minimum atomic E-state index is -0.118. The molecule has 0 spiro atoms. The molecule has 1 unspecified atom stereocenters. The number of likely N-dealkylation sites (tertiary alicyclic amines) is 1. The first-order valence-corrected chi connectivity index (χ1v) is 6.35. The number of carbonyl (C=O) groups is 1. The van der Waals surface area contributed by atoms with Crippen molar-refractivity contribution in [1.82, 2.24) is 4.90 Å². The predicted octanol–water partition coefficient (Wildman–Crippen LogP) is 1.30. The van der Waals surface area contributed by atoms with Gasteiger partial charge >= 0.3 is 0 Å². The fraction of sp³-hybridized carbons (Fsp3) is 0.500. The highest BCUT2D eigenvalue weighted by molar-refractivity contribution is 5.97. The molecule has 1 amide bonds. The van der Waals surface area contributed by atoms with Crippen LogP contribution in [0.4, 0.5) is 0 Å². The second-order valence-corrected chi connectivity index (χ2v) is 4.54. The Hall–Kier alpha value is -1.75. The van der Waals surface area contributed by atoms with Gasteiger partial charge in [-0.25, -0.2) is 0 Å². The van der Waals surface area contributed by atoms with Crippen LogP contribution in [0, 0.1) is 0 Å². The molecule has 0 aliphatic carbocycles. The molecule has 5 heteroatoms. The molecule has 104 valence electrons. The molecule has 0 radical (unpaired) electrons. The van der Waals surface area contributed by atoms with Crippen LogP contribution in [0.2, 0.25) is 0 Å². The van der Waals surface area contributed by atoms with Crippen molar-refractivity contribution in [3.05, 3.63) is 23.8 Å². The summed E-state index contributed by atoms with van der Waals surface area (Å²) in [5.41, 5.74) is 0.474. The lowest BCUT2D eigenvalue weighted by molar-refractivity contribution is 0.0674. The van der Waals surface area contributed by atoms with Crippen molar-refractivity contribution in [2.45, 2.75) is 18.9 Å². The molecular formula is C14H19NO4. The summed E-state index contributed by atoms with van der Waals surface area (Å²) in [6.45, 7) is 0.669. The van der Waals surface area contributed by atoms with Gasteiger partial charge in [-0.3, -0.25) is 4.79 Å². The molecule has 0 bridgehead atoms. The van der Waals surface area contributed by atoms with Crippen LogP contribution in [0.5, 0.6) is 11.5 Å². The van der Waals surface area contributed by atoms with Crippen LogP contribution in [-0.4, -0.2) is 49.3 Å². The van der Waals surface area contributed by atoms with Crippen LogP contribution in [0.25, 0.3) is 0 Å². The summed E-state index contributed by atoms with van der Waals surface area (Å²) in [6, 6.07) is 5.05. The van der Waals surface area contributed by atoms with Crippen molar-refractivity contribution in [3.8, 4) is 11.5 Å². The van der Waals surface area contributed by atoms with E-state index in [-0.39, 0.29) is 18.6 Å². The largest absolute Gasteiger partial charge is 0.497 e. The zero-order valence-electron chi connectivity index (χ0n) is 11.3. The van der Waals surface area contributed by atoms with E-state index >= 15 is 0 Å². The SMILES string of the molecule is COc1ccc(OC)c(C(=O)N2CCCC2CO)c1. The Kier molecular flexibility index (Phi) is 4.27. The summed E-state index contributed by atoms with van der Waals surface area (Å²) >= 11 is 0. The van der Waals surface area contributed by atoms with Gasteiger partial charge in [0.25, 0.3) is 5.91 Å². The molecule has 0 saturated carbocycles. The second-order valence-electron chi connectivity index (χ2n) is 4.54. The topological polar surface area (TPSA) is 59.0 Å². The average molecular weight is 265 g/mol. The lowest BCUT2D eigenvalue weighted by Gasteiger charge is -2.24. The number of rotatable bonds is 4. The van der Waals surface area contributed by atoms with Crippen LogP contribution in [-0.2, 0) is 0 Å². The summed E-state index contributed by atoms with van der Waals surface area (Å²) in [4.78, 5) is 14.2. The highest BCUT2D eigenvalue weighted by atomic mass is 16.5. The third-order valence-corrected chi connectivity index (χ3v) is 3.49. The molecule has 1 aliphatic rings. The standard InChI is InChI=1S/C14H19NO4/c1-18-11-5-6-13(19-2)12(8-11)14(17)15-7-3-4-10(15)9-16/h5-6,8,10,16H,3-4,7,9H2,1-2H3. The van der Waals surface area contributed by atoms with Gasteiger partial charge in [-0.05, 0) is 31.0 Å². The van der Waals surface area contributed by atoms with Gasteiger partial charge in [0.15, 0.2) is 0 Å². The predicted molar refractivity (Wildman–Crippen MR) is 70.7 cm³/mol. The highest BCUT2D eigenvalue weighted by Gasteiger charge is 2.30. The number of methoxy groups -OCH3 is 2. The lowest BCUT2D eigenvalue weighted by atomic mass is 10.1. The summed E-state index contributed by atoms with van der Waals surface area (Å²) in [7, 11) is 3.09. The maximum Gasteiger partial charge on any atom is 0.258 e. The maximum absolute atomic E-state index is 12.5. The van der Waals surface area contributed by atoms with E-state index in [2.05, 4.69) is 0 Å². The van der Waals surface area contributed by atoms with Crippen molar-refractivity contribution >= 4 is 5.91 Å². The number of hydrogen-bond acceptors (Lipinski definition) is 4. The van der Waals surface area contributed by atoms with Gasteiger partial charge < -0.3 is 19.5 Å². The monoisotopic (exact) mass is 265 g/mol.